The summed E-state index contributed by atoms with van der Waals surface area (Å²) >= 11 is 0. The molecule has 204 valence electrons. The smallest absolute Gasteiger partial charge is 0.253 e. The van der Waals surface area contributed by atoms with Crippen LogP contribution in [0.25, 0.3) is 22.3 Å². The van der Waals surface area contributed by atoms with Crippen LogP contribution in [0.15, 0.2) is 41.5 Å². The van der Waals surface area contributed by atoms with Crippen LogP contribution >= 0.6 is 0 Å². The van der Waals surface area contributed by atoms with Gasteiger partial charge in [-0.25, -0.2) is 14.6 Å². The molecule has 5 rings (SSSR count). The largest absolute Gasteiger partial charge is 0.354 e. The Kier molecular flexibility index (Phi) is 7.74. The number of nitrogens with zero attached hydrogens (tertiary/aromatic N) is 5. The molecule has 5 heterocycles. The maximum atomic E-state index is 13.6. The van der Waals surface area contributed by atoms with Gasteiger partial charge in [0.15, 0.2) is 5.65 Å². The fraction of sp³-hybridized carbons (Fsp3) is 0.414. The van der Waals surface area contributed by atoms with E-state index in [9.17, 15) is 9.59 Å². The molecule has 0 aliphatic carbocycles. The number of amides is 1. The number of piperazine rings is 1. The van der Waals surface area contributed by atoms with E-state index in [1.807, 2.05) is 49.8 Å². The molecule has 1 fully saturated rings. The number of fused-ring (bicyclic) bond motifs is 1. The molecule has 39 heavy (non-hydrogen) atoms. The van der Waals surface area contributed by atoms with Crippen LogP contribution < -0.4 is 21.1 Å². The fourth-order valence-electron chi connectivity index (χ4n) is 5.09. The number of hydrogen-bond donors (Lipinski definition) is 3. The van der Waals surface area contributed by atoms with E-state index in [1.165, 1.54) is 0 Å². The third kappa shape index (κ3) is 5.56. The minimum absolute atomic E-state index is 0.0668. The van der Waals surface area contributed by atoms with Crippen LogP contribution in [0, 0.1) is 6.92 Å². The molecule has 1 aliphatic rings. The number of aromatic nitrogens is 5. The topological polar surface area (TPSA) is 121 Å². The zero-order valence-corrected chi connectivity index (χ0v) is 23.0. The molecule has 1 saturated heterocycles. The molecule has 4 aromatic heterocycles. The molecule has 0 bridgehead atoms. The zero-order chi connectivity index (χ0) is 27.5. The Morgan fingerprint density at radius 1 is 1.15 bits per heavy atom. The molecule has 1 aliphatic heterocycles. The fourth-order valence-corrected chi connectivity index (χ4v) is 5.09. The normalized spacial score (nSPS) is 13.8. The first-order valence-electron chi connectivity index (χ1n) is 13.7. The molecule has 0 aromatic carbocycles. The number of carbonyl (C=O) groups is 1. The first-order valence-corrected chi connectivity index (χ1v) is 13.7. The molecule has 0 atom stereocenters. The van der Waals surface area contributed by atoms with Gasteiger partial charge in [-0.05, 0) is 57.0 Å². The summed E-state index contributed by atoms with van der Waals surface area (Å²) in [4.78, 5) is 41.0. The van der Waals surface area contributed by atoms with Crippen molar-refractivity contribution in [3.63, 3.8) is 0 Å². The Labute approximate surface area is 227 Å². The molecular weight excluding hydrogens is 492 g/mol. The number of nitrogens with one attached hydrogen (secondary N) is 3. The maximum absolute atomic E-state index is 13.6. The van der Waals surface area contributed by atoms with Crippen molar-refractivity contribution in [2.24, 2.45) is 0 Å². The van der Waals surface area contributed by atoms with Gasteiger partial charge in [-0.1, -0.05) is 13.3 Å². The van der Waals surface area contributed by atoms with Crippen LogP contribution in [-0.4, -0.2) is 56.8 Å². The molecular formula is C29H36N8O2. The first kappa shape index (κ1) is 26.6. The van der Waals surface area contributed by atoms with Crippen molar-refractivity contribution in [2.75, 3.05) is 31.1 Å². The number of pyridine rings is 3. The van der Waals surface area contributed by atoms with E-state index in [0.29, 0.717) is 27.9 Å². The van der Waals surface area contributed by atoms with Crippen molar-refractivity contribution in [3.05, 3.63) is 69.4 Å². The number of H-pyrrole nitrogens is 1. The zero-order valence-electron chi connectivity index (χ0n) is 23.0. The third-order valence-corrected chi connectivity index (χ3v) is 7.09. The summed E-state index contributed by atoms with van der Waals surface area (Å²) in [7, 11) is 0. The van der Waals surface area contributed by atoms with Crippen molar-refractivity contribution in [1.82, 2.24) is 35.4 Å². The van der Waals surface area contributed by atoms with E-state index in [2.05, 4.69) is 32.5 Å². The molecule has 10 heteroatoms. The Morgan fingerprint density at radius 3 is 2.64 bits per heavy atom. The predicted molar refractivity (Wildman–Crippen MR) is 153 cm³/mol. The average molecular weight is 529 g/mol. The molecule has 1 amide bonds. The summed E-state index contributed by atoms with van der Waals surface area (Å²) in [6.07, 6.45) is 5.19. The SMILES string of the molecule is CCCc1cc(C)[nH]c(=O)c1CNC(=O)c1cc(-c2ccc(N3CCNCC3)nc2)nc2c1cnn2C(C)C. The lowest BCUT2D eigenvalue weighted by atomic mass is 10.0. The Bertz CT molecular complexity index is 1530. The van der Waals surface area contributed by atoms with Gasteiger partial charge < -0.3 is 20.5 Å². The molecule has 0 spiro atoms. The standard InChI is InChI=1S/C29H36N8O2/c1-5-6-20-13-19(4)34-29(39)23(20)16-32-28(38)22-14-25(35-27-24(22)17-33-37(27)18(2)3)21-7-8-26(31-15-21)36-11-9-30-10-12-36/h7-8,13-15,17-18,30H,5-6,9-12,16H2,1-4H3,(H,32,38)(H,34,39). The number of rotatable bonds is 8. The molecule has 0 radical (unpaired) electrons. The molecule has 3 N–H and O–H groups in total. The first-order chi connectivity index (χ1) is 18.9. The van der Waals surface area contributed by atoms with E-state index in [-0.39, 0.29) is 24.1 Å². The van der Waals surface area contributed by atoms with Crippen molar-refractivity contribution >= 4 is 22.8 Å². The van der Waals surface area contributed by atoms with E-state index in [4.69, 9.17) is 9.97 Å². The van der Waals surface area contributed by atoms with Gasteiger partial charge in [-0.15, -0.1) is 0 Å². The molecule has 10 nitrogen and oxygen atoms in total. The number of aromatic amines is 1. The van der Waals surface area contributed by atoms with Gasteiger partial charge in [0.05, 0.1) is 22.8 Å². The lowest BCUT2D eigenvalue weighted by Crippen LogP contribution is -2.43. The number of carbonyl (C=O) groups excluding carboxylic acids is 1. The van der Waals surface area contributed by atoms with Crippen LogP contribution in [-0.2, 0) is 13.0 Å². The maximum Gasteiger partial charge on any atom is 0.253 e. The van der Waals surface area contributed by atoms with Crippen LogP contribution in [0.3, 0.4) is 0 Å². The van der Waals surface area contributed by atoms with E-state index in [0.717, 1.165) is 61.7 Å². The second kappa shape index (κ2) is 11.4. The molecule has 0 unspecified atom stereocenters. The minimum Gasteiger partial charge on any atom is -0.354 e. The highest BCUT2D eigenvalue weighted by Crippen LogP contribution is 2.27. The highest BCUT2D eigenvalue weighted by atomic mass is 16.1. The number of anilines is 1. The van der Waals surface area contributed by atoms with E-state index >= 15 is 0 Å². The highest BCUT2D eigenvalue weighted by Gasteiger charge is 2.20. The summed E-state index contributed by atoms with van der Waals surface area (Å²) in [5.74, 6) is 0.650. The van der Waals surface area contributed by atoms with Crippen LogP contribution in [0.2, 0.25) is 0 Å². The van der Waals surface area contributed by atoms with Crippen molar-refractivity contribution < 1.29 is 4.79 Å². The van der Waals surface area contributed by atoms with E-state index < -0.39 is 0 Å². The lowest BCUT2D eigenvalue weighted by Gasteiger charge is -2.28. The average Bonchev–Trinajstić information content (AvgIpc) is 3.37. The quantitative estimate of drug-likeness (QED) is 0.321. The van der Waals surface area contributed by atoms with E-state index in [1.54, 1.807) is 12.3 Å². The van der Waals surface area contributed by atoms with Crippen molar-refractivity contribution in [3.8, 4) is 11.3 Å². The van der Waals surface area contributed by atoms with Gasteiger partial charge in [0.1, 0.15) is 5.82 Å². The Morgan fingerprint density at radius 2 is 1.95 bits per heavy atom. The monoisotopic (exact) mass is 528 g/mol. The second-order valence-electron chi connectivity index (χ2n) is 10.3. The van der Waals surface area contributed by atoms with Crippen LogP contribution in [0.5, 0.6) is 0 Å². The van der Waals surface area contributed by atoms with Crippen molar-refractivity contribution in [2.45, 2.75) is 53.1 Å². The van der Waals surface area contributed by atoms with Gasteiger partial charge in [0, 0.05) is 61.8 Å². The highest BCUT2D eigenvalue weighted by molar-refractivity contribution is 6.06. The number of aryl methyl sites for hydroxylation is 2. The Balaban J connectivity index is 1.48. The van der Waals surface area contributed by atoms with Gasteiger partial charge >= 0.3 is 0 Å². The van der Waals surface area contributed by atoms with Gasteiger partial charge in [-0.2, -0.15) is 5.10 Å². The lowest BCUT2D eigenvalue weighted by molar-refractivity contribution is 0.0952. The second-order valence-corrected chi connectivity index (χ2v) is 10.3. The summed E-state index contributed by atoms with van der Waals surface area (Å²) in [5.41, 5.74) is 4.78. The van der Waals surface area contributed by atoms with Crippen LogP contribution in [0.4, 0.5) is 5.82 Å². The summed E-state index contributed by atoms with van der Waals surface area (Å²) in [6.45, 7) is 11.9. The predicted octanol–water partition coefficient (Wildman–Crippen LogP) is 3.36. The summed E-state index contributed by atoms with van der Waals surface area (Å²) in [6, 6.07) is 7.85. The number of hydrogen-bond acceptors (Lipinski definition) is 7. The Hall–Kier alpha value is -4.05. The van der Waals surface area contributed by atoms with Crippen molar-refractivity contribution in [1.29, 1.82) is 0 Å². The van der Waals surface area contributed by atoms with Crippen LogP contribution in [0.1, 0.15) is 60.4 Å². The third-order valence-electron chi connectivity index (χ3n) is 7.09. The summed E-state index contributed by atoms with van der Waals surface area (Å²) < 4.78 is 1.82. The van der Waals surface area contributed by atoms with Gasteiger partial charge in [-0.3, -0.25) is 9.59 Å². The minimum atomic E-state index is -0.278. The molecule has 0 saturated carbocycles. The molecule has 4 aromatic rings. The summed E-state index contributed by atoms with van der Waals surface area (Å²) in [5, 5.41) is 11.5. The van der Waals surface area contributed by atoms with Gasteiger partial charge in [0.25, 0.3) is 11.5 Å². The van der Waals surface area contributed by atoms with Gasteiger partial charge in [0.2, 0.25) is 0 Å².